The van der Waals surface area contributed by atoms with Crippen molar-refractivity contribution in [3.05, 3.63) is 124 Å². The van der Waals surface area contributed by atoms with E-state index in [0.717, 1.165) is 87.7 Å². The summed E-state index contributed by atoms with van der Waals surface area (Å²) in [4.78, 5) is 40.4. The highest BCUT2D eigenvalue weighted by Crippen LogP contribution is 2.50. The molecule has 0 radical (unpaired) electrons. The molecule has 3 aromatic rings. The van der Waals surface area contributed by atoms with Gasteiger partial charge in [-0.25, -0.2) is 15.3 Å². The summed E-state index contributed by atoms with van der Waals surface area (Å²) in [7, 11) is -4.58. The number of benzene rings is 3. The molecule has 74 heavy (non-hydrogen) atoms. The van der Waals surface area contributed by atoms with Gasteiger partial charge in [0.15, 0.2) is 5.71 Å². The topological polar surface area (TPSA) is 243 Å². The summed E-state index contributed by atoms with van der Waals surface area (Å²) in [5, 5.41) is 41.0. The number of carbonyl (C=O) groups is 3. The highest BCUT2D eigenvalue weighted by Gasteiger charge is 2.48. The number of amides is 2. The number of hydrogen-bond donors (Lipinski definition) is 6. The molecule has 4 aliphatic rings. The molecule has 0 saturated carbocycles. The molecule has 18 nitrogen and oxygen atoms in total. The lowest BCUT2D eigenvalue weighted by Gasteiger charge is -2.27. The van der Waals surface area contributed by atoms with Crippen LogP contribution in [0.5, 0.6) is 5.75 Å². The largest absolute Gasteiger partial charge is 0.478 e. The third-order valence-electron chi connectivity index (χ3n) is 14.0. The number of carboxylic acids is 1. The van der Waals surface area contributed by atoms with Crippen molar-refractivity contribution in [2.75, 3.05) is 36.8 Å². The maximum absolute atomic E-state index is 12.9. The number of hydrogen-bond acceptors (Lipinski definition) is 15. The number of ether oxygens (including phenoxy) is 1. The lowest BCUT2D eigenvalue weighted by Crippen LogP contribution is -2.34. The standard InChI is InChI=1S/C53H64N4O14S3/c1-52(2)42-34-40(73-71-69-63)22-24-44(42)56-31-9-5-7-15-49(59)55-30-29-54-48(58)14-6-4-8-28-53(3)43-35-41(74(64,65)66)23-25-45(43)57(32-11-33-72-70-68-62)47(53)27-19-37-13-10-12-36(18-26-46(52)56)50(37)67-39-20-16-38(17-21-39)51(60)61/h16-27,34-35H,4-15,28-33H2,1-3H3,(H5-,54,55,58,59,60,61,62,63,64,65,66)/p+1. The Hall–Kier alpha value is -5.33. The molecule has 3 aliphatic heterocycles. The second-order valence-corrected chi connectivity index (χ2v) is 22.3. The zero-order valence-electron chi connectivity index (χ0n) is 41.8. The van der Waals surface area contributed by atoms with Gasteiger partial charge in [0.1, 0.15) is 18.1 Å². The second kappa shape index (κ2) is 25.9. The normalized spacial score (nSPS) is 22.2. The molecule has 6 N–H and O–H groups in total. The Kier molecular flexibility index (Phi) is 19.8. The van der Waals surface area contributed by atoms with Crippen LogP contribution in [0.25, 0.3) is 0 Å². The molecule has 7 rings (SSSR count). The minimum atomic E-state index is -4.58. The molecule has 1 unspecified atom stereocenters. The molecule has 398 valence electrons. The van der Waals surface area contributed by atoms with Crippen molar-refractivity contribution in [1.82, 2.24) is 10.6 Å². The summed E-state index contributed by atoms with van der Waals surface area (Å²) >= 11 is 1.82. The lowest BCUT2D eigenvalue weighted by atomic mass is 9.75. The van der Waals surface area contributed by atoms with Gasteiger partial charge in [-0.2, -0.15) is 13.0 Å². The zero-order valence-corrected chi connectivity index (χ0v) is 44.3. The minimum Gasteiger partial charge on any atom is -0.478 e. The molecule has 2 amide bonds. The van der Waals surface area contributed by atoms with Crippen LogP contribution in [-0.2, 0) is 49.3 Å². The number of nitrogens with one attached hydrogen (secondary N) is 2. The Bertz CT molecular complexity index is 2810. The monoisotopic (exact) mass is 1080 g/mol. The van der Waals surface area contributed by atoms with Crippen LogP contribution in [0.15, 0.2) is 117 Å². The van der Waals surface area contributed by atoms with Crippen LogP contribution in [0.4, 0.5) is 11.4 Å². The number of carboxylic acid groups (broad SMARTS) is 1. The third-order valence-corrected chi connectivity index (χ3v) is 16.1. The van der Waals surface area contributed by atoms with Crippen LogP contribution in [0, 0.1) is 0 Å². The van der Waals surface area contributed by atoms with E-state index in [0.29, 0.717) is 113 Å². The molecule has 21 heteroatoms. The number of anilines is 1. The third kappa shape index (κ3) is 13.9. The fraction of sp³-hybridized carbons (Fsp3) is 0.434. The fourth-order valence-corrected chi connectivity index (χ4v) is 11.5. The predicted octanol–water partition coefficient (Wildman–Crippen LogP) is 10.3. The van der Waals surface area contributed by atoms with Gasteiger partial charge in [0.2, 0.25) is 17.5 Å². The van der Waals surface area contributed by atoms with Gasteiger partial charge in [0.25, 0.3) is 10.1 Å². The van der Waals surface area contributed by atoms with Crippen molar-refractivity contribution in [2.24, 2.45) is 0 Å². The van der Waals surface area contributed by atoms with Gasteiger partial charge >= 0.3 is 5.97 Å². The van der Waals surface area contributed by atoms with Crippen LogP contribution >= 0.6 is 24.1 Å². The quantitative estimate of drug-likeness (QED) is 0.0233. The van der Waals surface area contributed by atoms with Crippen LogP contribution < -0.4 is 20.3 Å². The highest BCUT2D eigenvalue weighted by atomic mass is 32.2. The van der Waals surface area contributed by atoms with Crippen molar-refractivity contribution in [3.8, 4) is 5.75 Å². The molecule has 0 fully saturated rings. The molecule has 3 heterocycles. The molecule has 1 aliphatic carbocycles. The first kappa shape index (κ1) is 56.4. The van der Waals surface area contributed by atoms with Gasteiger partial charge in [0.05, 0.1) is 27.9 Å². The Balaban J connectivity index is 1.37. The van der Waals surface area contributed by atoms with Crippen LogP contribution in [0.3, 0.4) is 0 Å². The van der Waals surface area contributed by atoms with Crippen molar-refractivity contribution >= 4 is 69.1 Å². The predicted molar refractivity (Wildman–Crippen MR) is 281 cm³/mol. The molecular weight excluding hydrogens is 1010 g/mol. The first-order chi connectivity index (χ1) is 35.5. The summed E-state index contributed by atoms with van der Waals surface area (Å²) in [5.74, 6) is 0.238. The summed E-state index contributed by atoms with van der Waals surface area (Å²) in [6.45, 7) is 8.11. The summed E-state index contributed by atoms with van der Waals surface area (Å²) in [6, 6.07) is 16.8. The van der Waals surface area contributed by atoms with E-state index in [1.807, 2.05) is 24.3 Å². The molecule has 0 spiro atoms. The molecule has 3 aromatic carbocycles. The first-order valence-corrected chi connectivity index (χ1v) is 28.0. The molecule has 1 atom stereocenters. The average molecular weight is 1080 g/mol. The number of nitrogens with zero attached hydrogens (tertiary/aromatic N) is 2. The summed E-state index contributed by atoms with van der Waals surface area (Å²) in [5.41, 5.74) is 6.02. The number of allylic oxidation sites excluding steroid dienone is 7. The molecular formula is C53H65N4O14S3+. The van der Waals surface area contributed by atoms with E-state index in [9.17, 15) is 32.5 Å². The fourth-order valence-electron chi connectivity index (χ4n) is 10.3. The van der Waals surface area contributed by atoms with Crippen molar-refractivity contribution in [1.29, 1.82) is 0 Å². The summed E-state index contributed by atoms with van der Waals surface area (Å²) < 4.78 is 54.0. The van der Waals surface area contributed by atoms with E-state index >= 15 is 0 Å². The number of carbonyl (C=O) groups excluding carboxylic acids is 2. The van der Waals surface area contributed by atoms with Gasteiger partial charge in [-0.15, -0.1) is 8.67 Å². The van der Waals surface area contributed by atoms with Gasteiger partial charge in [-0.3, -0.25) is 14.1 Å². The SMILES string of the molecule is CC12CCCCCC(=O)NCCNC(=O)CCCCCN3/C(=C/C=C4/CCCC(=C4Oc4ccc(C(=O)O)cc4)/C=C/C1=[N+](CCCSOOO)c1ccc(S(=O)(=O)O)cc12)C(C)(C)c1cc(SOOO)ccc13. The van der Waals surface area contributed by atoms with Crippen LogP contribution in [0.2, 0.25) is 0 Å². The Morgan fingerprint density at radius 2 is 1.51 bits per heavy atom. The Morgan fingerprint density at radius 1 is 0.797 bits per heavy atom. The van der Waals surface area contributed by atoms with E-state index in [2.05, 4.69) is 73.5 Å². The first-order valence-electron chi connectivity index (χ1n) is 24.9. The van der Waals surface area contributed by atoms with Crippen LogP contribution in [-0.4, -0.2) is 88.6 Å². The zero-order chi connectivity index (χ0) is 52.9. The van der Waals surface area contributed by atoms with Gasteiger partial charge in [-0.1, -0.05) is 49.3 Å². The highest BCUT2D eigenvalue weighted by molar-refractivity contribution is 7.94. The van der Waals surface area contributed by atoms with E-state index in [4.69, 9.17) is 19.6 Å². The van der Waals surface area contributed by atoms with E-state index < -0.39 is 26.9 Å². The second-order valence-electron chi connectivity index (χ2n) is 19.3. The van der Waals surface area contributed by atoms with Crippen molar-refractivity contribution in [3.63, 3.8) is 0 Å². The Labute approximate surface area is 440 Å². The number of rotatable bonds is 13. The lowest BCUT2D eigenvalue weighted by molar-refractivity contribution is -0.438. The van der Waals surface area contributed by atoms with Crippen molar-refractivity contribution in [2.45, 2.75) is 125 Å². The van der Waals surface area contributed by atoms with Crippen LogP contribution in [0.1, 0.15) is 126 Å². The maximum atomic E-state index is 12.9. The number of aromatic carboxylic acids is 1. The maximum Gasteiger partial charge on any atom is 0.335 e. The smallest absolute Gasteiger partial charge is 0.335 e. The summed E-state index contributed by atoms with van der Waals surface area (Å²) in [6.07, 6.45) is 16.4. The van der Waals surface area contributed by atoms with Gasteiger partial charge in [0, 0.05) is 96.1 Å². The van der Waals surface area contributed by atoms with E-state index in [1.165, 1.54) is 24.3 Å². The van der Waals surface area contributed by atoms with Gasteiger partial charge in [-0.05, 0) is 135 Å². The van der Waals surface area contributed by atoms with E-state index in [1.54, 1.807) is 18.2 Å². The molecule has 0 aromatic heterocycles. The molecule has 0 saturated heterocycles. The minimum absolute atomic E-state index is 0.0783. The average Bonchev–Trinajstić information content (AvgIpc) is 3.74. The molecule has 2 bridgehead atoms. The van der Waals surface area contributed by atoms with E-state index in [-0.39, 0.29) is 22.3 Å². The van der Waals surface area contributed by atoms with Gasteiger partial charge < -0.3 is 25.4 Å². The Morgan fingerprint density at radius 3 is 2.20 bits per heavy atom. The van der Waals surface area contributed by atoms with Crippen molar-refractivity contribution < 1.29 is 71.0 Å². The number of fused-ring (bicyclic) bond motifs is 7.